The predicted molar refractivity (Wildman–Crippen MR) is 134 cm³/mol. The van der Waals surface area contributed by atoms with Crippen LogP contribution in [0.4, 0.5) is 0 Å². The number of fused-ring (bicyclic) bond motifs is 5. The van der Waals surface area contributed by atoms with Crippen LogP contribution in [0.15, 0.2) is 11.6 Å². The van der Waals surface area contributed by atoms with Gasteiger partial charge in [0.1, 0.15) is 25.4 Å². The van der Waals surface area contributed by atoms with Gasteiger partial charge in [-0.05, 0) is 61.7 Å². The van der Waals surface area contributed by atoms with E-state index in [2.05, 4.69) is 19.9 Å². The summed E-state index contributed by atoms with van der Waals surface area (Å²) in [4.78, 5) is 47.6. The van der Waals surface area contributed by atoms with Crippen LogP contribution in [0, 0.1) is 34.0 Å². The van der Waals surface area contributed by atoms with Gasteiger partial charge in [-0.15, -0.1) is 0 Å². The van der Waals surface area contributed by atoms with Gasteiger partial charge in [-0.3, -0.25) is 19.2 Å². The SMILES string of the molecule is CC(=O)OCC1(COC(C)=O)C[C@H]2[C@@H]3CC=C4C[C@@H](OC(C)=O)CC[C@]4(C)[C@H]3CC[C@]2(C)[C@H]1OC(C)=O. The van der Waals surface area contributed by atoms with Gasteiger partial charge in [0, 0.05) is 39.5 Å². The zero-order valence-electron chi connectivity index (χ0n) is 23.1. The molecule has 0 unspecified atom stereocenters. The Balaban J connectivity index is 1.68. The molecule has 7 atom stereocenters. The molecule has 8 heteroatoms. The molecule has 37 heavy (non-hydrogen) atoms. The van der Waals surface area contributed by atoms with Gasteiger partial charge in [0.2, 0.25) is 0 Å². The summed E-state index contributed by atoms with van der Waals surface area (Å²) in [6.45, 7) is 10.2. The Labute approximate surface area is 219 Å². The molecule has 0 aliphatic heterocycles. The van der Waals surface area contributed by atoms with Gasteiger partial charge < -0.3 is 18.9 Å². The number of esters is 4. The minimum absolute atomic E-state index is 0.0366. The van der Waals surface area contributed by atoms with E-state index in [0.717, 1.165) is 38.5 Å². The standard InChI is InChI=1S/C29H42O8/c1-17(30)34-15-29(16-35-18(2)31)14-25-23-8-7-21-13-22(36-19(3)32)9-11-27(21,5)24(23)10-12-28(25,6)26(29)37-20(4)33/h7,22-26H,8-16H2,1-6H3/t22-,23+,24-,25-,26+,27-,28-/m0/s1. The van der Waals surface area contributed by atoms with Crippen LogP contribution < -0.4 is 0 Å². The summed E-state index contributed by atoms with van der Waals surface area (Å²) < 4.78 is 22.7. The first-order valence-electron chi connectivity index (χ1n) is 13.6. The third kappa shape index (κ3) is 5.05. The van der Waals surface area contributed by atoms with Gasteiger partial charge in [-0.2, -0.15) is 0 Å². The minimum atomic E-state index is -0.796. The zero-order chi connectivity index (χ0) is 27.2. The van der Waals surface area contributed by atoms with Crippen LogP contribution in [0.5, 0.6) is 0 Å². The van der Waals surface area contributed by atoms with Crippen molar-refractivity contribution >= 4 is 23.9 Å². The second-order valence-electron chi connectivity index (χ2n) is 12.4. The number of allylic oxidation sites excluding steroid dienone is 1. The summed E-state index contributed by atoms with van der Waals surface area (Å²) in [6.07, 6.45) is 7.83. The molecule has 0 bridgehead atoms. The maximum absolute atomic E-state index is 12.3. The van der Waals surface area contributed by atoms with Gasteiger partial charge in [-0.1, -0.05) is 25.5 Å². The summed E-state index contributed by atoms with van der Waals surface area (Å²) in [5.74, 6) is -0.399. The third-order valence-electron chi connectivity index (χ3n) is 10.0. The van der Waals surface area contributed by atoms with Gasteiger partial charge in [0.15, 0.2) is 0 Å². The highest BCUT2D eigenvalue weighted by molar-refractivity contribution is 5.67. The highest BCUT2D eigenvalue weighted by Crippen LogP contribution is 2.68. The topological polar surface area (TPSA) is 105 Å². The van der Waals surface area contributed by atoms with Crippen molar-refractivity contribution in [2.75, 3.05) is 13.2 Å². The fraction of sp³-hybridized carbons (Fsp3) is 0.793. The summed E-state index contributed by atoms with van der Waals surface area (Å²) in [5, 5.41) is 0. The highest BCUT2D eigenvalue weighted by atomic mass is 16.6. The van der Waals surface area contributed by atoms with E-state index < -0.39 is 23.5 Å². The van der Waals surface area contributed by atoms with Crippen molar-refractivity contribution in [3.05, 3.63) is 11.6 Å². The van der Waals surface area contributed by atoms with Crippen LogP contribution in [-0.4, -0.2) is 49.3 Å². The number of hydrogen-bond acceptors (Lipinski definition) is 8. The van der Waals surface area contributed by atoms with Crippen LogP contribution >= 0.6 is 0 Å². The van der Waals surface area contributed by atoms with E-state index in [1.54, 1.807) is 0 Å². The predicted octanol–water partition coefficient (Wildman–Crippen LogP) is 4.54. The zero-order valence-corrected chi connectivity index (χ0v) is 23.1. The molecule has 0 amide bonds. The largest absolute Gasteiger partial charge is 0.465 e. The van der Waals surface area contributed by atoms with E-state index in [0.29, 0.717) is 18.3 Å². The van der Waals surface area contributed by atoms with Crippen LogP contribution in [0.25, 0.3) is 0 Å². The monoisotopic (exact) mass is 518 g/mol. The first kappa shape index (κ1) is 27.6. The fourth-order valence-corrected chi connectivity index (χ4v) is 8.49. The normalized spacial score (nSPS) is 37.7. The van der Waals surface area contributed by atoms with E-state index in [-0.39, 0.29) is 48.0 Å². The number of hydrogen-bond donors (Lipinski definition) is 0. The van der Waals surface area contributed by atoms with Gasteiger partial charge >= 0.3 is 23.9 Å². The molecule has 0 N–H and O–H groups in total. The summed E-state index contributed by atoms with van der Waals surface area (Å²) in [6, 6.07) is 0. The fourth-order valence-electron chi connectivity index (χ4n) is 8.49. The smallest absolute Gasteiger partial charge is 0.302 e. The summed E-state index contributed by atoms with van der Waals surface area (Å²) in [7, 11) is 0. The van der Waals surface area contributed by atoms with E-state index in [9.17, 15) is 19.2 Å². The van der Waals surface area contributed by atoms with Crippen LogP contribution in [0.3, 0.4) is 0 Å². The average Bonchev–Trinajstić information content (AvgIpc) is 3.04. The second kappa shape index (κ2) is 10.1. The number of rotatable bonds is 6. The van der Waals surface area contributed by atoms with Crippen molar-refractivity contribution < 1.29 is 38.1 Å². The highest BCUT2D eigenvalue weighted by Gasteiger charge is 2.68. The van der Waals surface area contributed by atoms with Gasteiger partial charge in [-0.25, -0.2) is 0 Å². The average molecular weight is 519 g/mol. The number of carbonyl (C=O) groups excluding carboxylic acids is 4. The van der Waals surface area contributed by atoms with Gasteiger partial charge in [0.25, 0.3) is 0 Å². The lowest BCUT2D eigenvalue weighted by Gasteiger charge is -2.57. The lowest BCUT2D eigenvalue weighted by Crippen LogP contribution is -2.53. The summed E-state index contributed by atoms with van der Waals surface area (Å²) in [5.41, 5.74) is 0.309. The van der Waals surface area contributed by atoms with E-state index in [1.165, 1.54) is 33.3 Å². The van der Waals surface area contributed by atoms with E-state index in [1.807, 2.05) is 0 Å². The molecule has 0 spiro atoms. The quantitative estimate of drug-likeness (QED) is 0.287. The third-order valence-corrected chi connectivity index (χ3v) is 10.0. The van der Waals surface area contributed by atoms with Crippen molar-refractivity contribution in [2.24, 2.45) is 34.0 Å². The Morgan fingerprint density at radius 2 is 1.46 bits per heavy atom. The number of ether oxygens (including phenoxy) is 4. The molecule has 0 aromatic carbocycles. The van der Waals surface area contributed by atoms with Crippen LogP contribution in [-0.2, 0) is 38.1 Å². The Morgan fingerprint density at radius 3 is 2.03 bits per heavy atom. The van der Waals surface area contributed by atoms with E-state index >= 15 is 0 Å². The van der Waals surface area contributed by atoms with Crippen LogP contribution in [0.2, 0.25) is 0 Å². The van der Waals surface area contributed by atoms with E-state index in [4.69, 9.17) is 18.9 Å². The molecule has 0 aromatic rings. The first-order chi connectivity index (χ1) is 17.3. The molecular formula is C29H42O8. The minimum Gasteiger partial charge on any atom is -0.465 e. The Bertz CT molecular complexity index is 966. The van der Waals surface area contributed by atoms with Crippen molar-refractivity contribution in [3.63, 3.8) is 0 Å². The Morgan fingerprint density at radius 1 is 0.838 bits per heavy atom. The molecule has 206 valence electrons. The molecule has 8 nitrogen and oxygen atoms in total. The number of carbonyl (C=O) groups is 4. The molecule has 3 saturated carbocycles. The van der Waals surface area contributed by atoms with Gasteiger partial charge in [0.05, 0.1) is 5.41 Å². The van der Waals surface area contributed by atoms with Crippen molar-refractivity contribution in [1.29, 1.82) is 0 Å². The molecule has 4 aliphatic carbocycles. The molecule has 0 radical (unpaired) electrons. The molecule has 0 heterocycles. The van der Waals surface area contributed by atoms with Crippen molar-refractivity contribution in [3.8, 4) is 0 Å². The van der Waals surface area contributed by atoms with Crippen LogP contribution in [0.1, 0.15) is 86.5 Å². The molecule has 3 fully saturated rings. The Kier molecular flexibility index (Phi) is 7.52. The molecule has 0 aromatic heterocycles. The maximum Gasteiger partial charge on any atom is 0.302 e. The Hall–Kier alpha value is -2.38. The summed E-state index contributed by atoms with van der Waals surface area (Å²) >= 11 is 0. The second-order valence-corrected chi connectivity index (χ2v) is 12.4. The molecular weight excluding hydrogens is 476 g/mol. The lowest BCUT2D eigenvalue weighted by atomic mass is 9.48. The lowest BCUT2D eigenvalue weighted by molar-refractivity contribution is -0.178. The van der Waals surface area contributed by atoms with Crippen molar-refractivity contribution in [1.82, 2.24) is 0 Å². The van der Waals surface area contributed by atoms with Crippen molar-refractivity contribution in [2.45, 2.75) is 98.7 Å². The molecule has 4 rings (SSSR count). The molecule has 4 aliphatic rings. The first-order valence-corrected chi connectivity index (χ1v) is 13.6. The molecule has 0 saturated heterocycles. The maximum atomic E-state index is 12.3.